The van der Waals surface area contributed by atoms with Gasteiger partial charge in [-0.1, -0.05) is 12.1 Å². The SMILES string of the molecule is COc1ccc(CCNC(=S)NC(C)c2ccc(OC)c(OC)c2)cc1OC. The molecule has 0 fully saturated rings. The summed E-state index contributed by atoms with van der Waals surface area (Å²) < 4.78 is 21.2. The van der Waals surface area contributed by atoms with Gasteiger partial charge in [-0.3, -0.25) is 0 Å². The Bertz CT molecular complexity index is 798. The Balaban J connectivity index is 1.87. The largest absolute Gasteiger partial charge is 0.493 e. The summed E-state index contributed by atoms with van der Waals surface area (Å²) in [5, 5.41) is 7.13. The average Bonchev–Trinajstić information content (AvgIpc) is 2.72. The van der Waals surface area contributed by atoms with E-state index in [0.717, 1.165) is 29.0 Å². The highest BCUT2D eigenvalue weighted by molar-refractivity contribution is 7.80. The van der Waals surface area contributed by atoms with Crippen molar-refractivity contribution in [2.45, 2.75) is 19.4 Å². The van der Waals surface area contributed by atoms with Crippen LogP contribution in [0.15, 0.2) is 36.4 Å². The first-order valence-electron chi connectivity index (χ1n) is 8.99. The van der Waals surface area contributed by atoms with Crippen molar-refractivity contribution in [2.24, 2.45) is 0 Å². The lowest BCUT2D eigenvalue weighted by molar-refractivity contribution is 0.354. The number of methoxy groups -OCH3 is 4. The lowest BCUT2D eigenvalue weighted by Crippen LogP contribution is -2.37. The van der Waals surface area contributed by atoms with Crippen molar-refractivity contribution in [1.29, 1.82) is 0 Å². The maximum atomic E-state index is 5.42. The summed E-state index contributed by atoms with van der Waals surface area (Å²) >= 11 is 5.42. The molecule has 0 aliphatic rings. The first-order valence-corrected chi connectivity index (χ1v) is 9.40. The summed E-state index contributed by atoms with van der Waals surface area (Å²) in [5.41, 5.74) is 2.20. The van der Waals surface area contributed by atoms with Gasteiger partial charge in [-0.25, -0.2) is 0 Å². The van der Waals surface area contributed by atoms with Crippen molar-refractivity contribution in [3.05, 3.63) is 47.5 Å². The molecule has 0 spiro atoms. The van der Waals surface area contributed by atoms with Crippen LogP contribution in [0.5, 0.6) is 23.0 Å². The molecule has 1 atom stereocenters. The second kappa shape index (κ2) is 10.6. The highest BCUT2D eigenvalue weighted by Gasteiger charge is 2.11. The fraction of sp³-hybridized carbons (Fsp3) is 0.381. The minimum Gasteiger partial charge on any atom is -0.493 e. The molecule has 0 saturated carbocycles. The quantitative estimate of drug-likeness (QED) is 0.621. The monoisotopic (exact) mass is 404 g/mol. The molecule has 152 valence electrons. The number of hydrogen-bond donors (Lipinski definition) is 2. The van der Waals surface area contributed by atoms with Crippen molar-refractivity contribution in [1.82, 2.24) is 10.6 Å². The van der Waals surface area contributed by atoms with E-state index >= 15 is 0 Å². The van der Waals surface area contributed by atoms with Gasteiger partial charge in [-0.15, -0.1) is 0 Å². The first-order chi connectivity index (χ1) is 13.5. The van der Waals surface area contributed by atoms with Gasteiger partial charge in [0.1, 0.15) is 0 Å². The molecule has 6 nitrogen and oxygen atoms in total. The molecular formula is C21H28N2O4S. The Morgan fingerprint density at radius 2 is 1.43 bits per heavy atom. The highest BCUT2D eigenvalue weighted by atomic mass is 32.1. The fourth-order valence-electron chi connectivity index (χ4n) is 2.81. The molecule has 0 aliphatic heterocycles. The number of thiocarbonyl (C=S) groups is 1. The van der Waals surface area contributed by atoms with Crippen LogP contribution in [0.3, 0.4) is 0 Å². The molecular weight excluding hydrogens is 376 g/mol. The zero-order chi connectivity index (χ0) is 20.5. The van der Waals surface area contributed by atoms with Crippen LogP contribution in [0.25, 0.3) is 0 Å². The van der Waals surface area contributed by atoms with Gasteiger partial charge in [0.2, 0.25) is 0 Å². The summed E-state index contributed by atoms with van der Waals surface area (Å²) in [4.78, 5) is 0. The summed E-state index contributed by atoms with van der Waals surface area (Å²) in [6.45, 7) is 2.75. The van der Waals surface area contributed by atoms with Crippen LogP contribution in [0, 0.1) is 0 Å². The average molecular weight is 405 g/mol. The highest BCUT2D eigenvalue weighted by Crippen LogP contribution is 2.30. The van der Waals surface area contributed by atoms with Crippen LogP contribution in [-0.2, 0) is 6.42 Å². The number of hydrogen-bond acceptors (Lipinski definition) is 5. The van der Waals surface area contributed by atoms with Crippen LogP contribution in [0.4, 0.5) is 0 Å². The zero-order valence-electron chi connectivity index (χ0n) is 17.0. The molecule has 0 aliphatic carbocycles. The smallest absolute Gasteiger partial charge is 0.166 e. The van der Waals surface area contributed by atoms with Gasteiger partial charge in [0, 0.05) is 6.54 Å². The number of nitrogens with one attached hydrogen (secondary N) is 2. The third-order valence-electron chi connectivity index (χ3n) is 4.40. The Morgan fingerprint density at radius 3 is 2.04 bits per heavy atom. The minimum absolute atomic E-state index is 0.0286. The van der Waals surface area contributed by atoms with Gasteiger partial charge >= 0.3 is 0 Å². The Kier molecular flexibility index (Phi) is 8.19. The maximum Gasteiger partial charge on any atom is 0.166 e. The van der Waals surface area contributed by atoms with Gasteiger partial charge in [0.25, 0.3) is 0 Å². The molecule has 2 aromatic carbocycles. The van der Waals surface area contributed by atoms with E-state index in [4.69, 9.17) is 31.2 Å². The van der Waals surface area contributed by atoms with Crippen molar-refractivity contribution in [3.8, 4) is 23.0 Å². The van der Waals surface area contributed by atoms with E-state index in [9.17, 15) is 0 Å². The van der Waals surface area contributed by atoms with Crippen LogP contribution in [0.1, 0.15) is 24.1 Å². The molecule has 0 saturated heterocycles. The first kappa shape index (κ1) is 21.6. The van der Waals surface area contributed by atoms with E-state index in [1.165, 1.54) is 0 Å². The number of ether oxygens (including phenoxy) is 4. The van der Waals surface area contributed by atoms with Crippen LogP contribution in [0.2, 0.25) is 0 Å². The van der Waals surface area contributed by atoms with Crippen molar-refractivity contribution in [3.63, 3.8) is 0 Å². The summed E-state index contributed by atoms with van der Waals surface area (Å²) in [5.74, 6) is 2.85. The summed E-state index contributed by atoms with van der Waals surface area (Å²) in [6.07, 6.45) is 0.812. The third kappa shape index (κ3) is 5.66. The molecule has 7 heteroatoms. The van der Waals surface area contributed by atoms with E-state index in [1.54, 1.807) is 28.4 Å². The summed E-state index contributed by atoms with van der Waals surface area (Å²) in [7, 11) is 6.51. The van der Waals surface area contributed by atoms with E-state index in [2.05, 4.69) is 10.6 Å². The Hall–Kier alpha value is -2.67. The van der Waals surface area contributed by atoms with Gasteiger partial charge in [-0.05, 0) is 61.0 Å². The molecule has 1 unspecified atom stereocenters. The Morgan fingerprint density at radius 1 is 0.857 bits per heavy atom. The maximum absolute atomic E-state index is 5.42. The molecule has 0 radical (unpaired) electrons. The number of rotatable bonds is 9. The predicted molar refractivity (Wildman–Crippen MR) is 115 cm³/mol. The normalized spacial score (nSPS) is 11.3. The molecule has 0 aromatic heterocycles. The third-order valence-corrected chi connectivity index (χ3v) is 4.66. The van der Waals surface area contributed by atoms with Crippen LogP contribution >= 0.6 is 12.2 Å². The van der Waals surface area contributed by atoms with E-state index in [0.29, 0.717) is 23.2 Å². The lowest BCUT2D eigenvalue weighted by Gasteiger charge is -2.19. The zero-order valence-corrected chi connectivity index (χ0v) is 17.8. The fourth-order valence-corrected chi connectivity index (χ4v) is 3.09. The van der Waals surface area contributed by atoms with Gasteiger partial charge < -0.3 is 29.6 Å². The number of benzene rings is 2. The molecule has 0 amide bonds. The molecule has 28 heavy (non-hydrogen) atoms. The standard InChI is InChI=1S/C21H28N2O4S/c1-14(16-7-9-18(25-3)20(13-16)27-5)23-21(28)22-11-10-15-6-8-17(24-2)19(12-15)26-4/h6-9,12-14H,10-11H2,1-5H3,(H2,22,23,28). The summed E-state index contributed by atoms with van der Waals surface area (Å²) in [6, 6.07) is 11.8. The van der Waals surface area contributed by atoms with Crippen LogP contribution < -0.4 is 29.6 Å². The minimum atomic E-state index is 0.0286. The van der Waals surface area contributed by atoms with E-state index < -0.39 is 0 Å². The van der Waals surface area contributed by atoms with Crippen molar-refractivity contribution in [2.75, 3.05) is 35.0 Å². The topological polar surface area (TPSA) is 61.0 Å². The predicted octanol–water partition coefficient (Wildman–Crippen LogP) is 3.49. The second-order valence-corrected chi connectivity index (χ2v) is 6.58. The van der Waals surface area contributed by atoms with Crippen LogP contribution in [-0.4, -0.2) is 40.1 Å². The van der Waals surface area contributed by atoms with Gasteiger partial charge in [0.15, 0.2) is 28.1 Å². The molecule has 2 rings (SSSR count). The van der Waals surface area contributed by atoms with Crippen molar-refractivity contribution < 1.29 is 18.9 Å². The molecule has 2 aromatic rings. The second-order valence-electron chi connectivity index (χ2n) is 6.18. The molecule has 0 heterocycles. The Labute approximate surface area is 172 Å². The van der Waals surface area contributed by atoms with E-state index in [-0.39, 0.29) is 6.04 Å². The molecule has 0 bridgehead atoms. The lowest BCUT2D eigenvalue weighted by atomic mass is 10.1. The molecule has 2 N–H and O–H groups in total. The van der Waals surface area contributed by atoms with Gasteiger partial charge in [-0.2, -0.15) is 0 Å². The van der Waals surface area contributed by atoms with E-state index in [1.807, 2.05) is 43.3 Å². The van der Waals surface area contributed by atoms with Crippen molar-refractivity contribution >= 4 is 17.3 Å². The van der Waals surface area contributed by atoms with Gasteiger partial charge in [0.05, 0.1) is 34.5 Å².